The molecule has 0 aromatic carbocycles. The van der Waals surface area contributed by atoms with E-state index in [9.17, 15) is 0 Å². The highest BCUT2D eigenvalue weighted by Gasteiger charge is 2.31. The van der Waals surface area contributed by atoms with E-state index in [-0.39, 0.29) is 6.10 Å². The van der Waals surface area contributed by atoms with Crippen molar-refractivity contribution >= 4 is 5.96 Å². The van der Waals surface area contributed by atoms with E-state index in [0.29, 0.717) is 6.04 Å². The molecule has 0 spiro atoms. The van der Waals surface area contributed by atoms with Crippen LogP contribution >= 0.6 is 0 Å². The lowest BCUT2D eigenvalue weighted by Gasteiger charge is -2.35. The summed E-state index contributed by atoms with van der Waals surface area (Å²) in [6.07, 6.45) is 3.86. The number of aliphatic imine (C=N–C) groups is 1. The molecule has 20 heavy (non-hydrogen) atoms. The minimum Gasteiger partial charge on any atom is -0.385 e. The standard InChI is InChI=1S/C14H28N4O2/c1-15-14(16-6-4-8-19-2)17-9-13-10-18-7-3-5-12(18)11-20-13/h12-13H,3-11H2,1-2H3,(H2,15,16,17). The molecule has 0 amide bonds. The van der Waals surface area contributed by atoms with Crippen molar-refractivity contribution in [1.82, 2.24) is 15.5 Å². The Hall–Kier alpha value is -0.850. The Morgan fingerprint density at radius 1 is 1.45 bits per heavy atom. The van der Waals surface area contributed by atoms with Crippen LogP contribution in [0.1, 0.15) is 19.3 Å². The number of methoxy groups -OCH3 is 1. The van der Waals surface area contributed by atoms with Crippen LogP contribution in [0.2, 0.25) is 0 Å². The molecule has 0 bridgehead atoms. The molecule has 2 atom stereocenters. The third-order valence-electron chi connectivity index (χ3n) is 4.00. The second-order valence-electron chi connectivity index (χ2n) is 5.47. The first-order chi connectivity index (χ1) is 9.83. The second kappa shape index (κ2) is 8.44. The number of rotatable bonds is 6. The van der Waals surface area contributed by atoms with Crippen LogP contribution in [0.25, 0.3) is 0 Å². The Kier molecular flexibility index (Phi) is 6.56. The molecular weight excluding hydrogens is 256 g/mol. The summed E-state index contributed by atoms with van der Waals surface area (Å²) >= 11 is 0. The first-order valence-corrected chi connectivity index (χ1v) is 7.62. The second-order valence-corrected chi connectivity index (χ2v) is 5.47. The van der Waals surface area contributed by atoms with Crippen LogP contribution in [-0.4, -0.2) is 76.6 Å². The average molecular weight is 284 g/mol. The number of morpholine rings is 1. The van der Waals surface area contributed by atoms with Crippen LogP contribution < -0.4 is 10.6 Å². The molecule has 0 aromatic heterocycles. The van der Waals surface area contributed by atoms with Crippen molar-refractivity contribution in [3.8, 4) is 0 Å². The smallest absolute Gasteiger partial charge is 0.191 e. The van der Waals surface area contributed by atoms with Crippen molar-refractivity contribution in [2.45, 2.75) is 31.4 Å². The van der Waals surface area contributed by atoms with Crippen LogP contribution in [0, 0.1) is 0 Å². The topological polar surface area (TPSA) is 58.1 Å². The quantitative estimate of drug-likeness (QED) is 0.410. The third-order valence-corrected chi connectivity index (χ3v) is 4.00. The summed E-state index contributed by atoms with van der Waals surface area (Å²) < 4.78 is 10.9. The fourth-order valence-electron chi connectivity index (χ4n) is 2.86. The minimum atomic E-state index is 0.266. The first-order valence-electron chi connectivity index (χ1n) is 7.62. The molecule has 2 fully saturated rings. The SMILES string of the molecule is CN=C(NCCCOC)NCC1CN2CCCC2CO1. The van der Waals surface area contributed by atoms with Crippen molar-refractivity contribution in [2.24, 2.45) is 4.99 Å². The molecule has 2 aliphatic heterocycles. The molecule has 2 aliphatic rings. The largest absolute Gasteiger partial charge is 0.385 e. The van der Waals surface area contributed by atoms with E-state index in [4.69, 9.17) is 9.47 Å². The lowest BCUT2D eigenvalue weighted by atomic mass is 10.2. The molecular formula is C14H28N4O2. The van der Waals surface area contributed by atoms with Crippen LogP contribution in [0.4, 0.5) is 0 Å². The van der Waals surface area contributed by atoms with Crippen LogP contribution in [-0.2, 0) is 9.47 Å². The van der Waals surface area contributed by atoms with E-state index in [0.717, 1.165) is 45.2 Å². The van der Waals surface area contributed by atoms with Crippen molar-refractivity contribution in [2.75, 3.05) is 53.6 Å². The van der Waals surface area contributed by atoms with E-state index < -0.39 is 0 Å². The number of nitrogens with zero attached hydrogens (tertiary/aromatic N) is 2. The van der Waals surface area contributed by atoms with E-state index in [1.165, 1.54) is 19.4 Å². The number of guanidine groups is 1. The van der Waals surface area contributed by atoms with E-state index in [2.05, 4.69) is 20.5 Å². The van der Waals surface area contributed by atoms with Gasteiger partial charge in [0.25, 0.3) is 0 Å². The zero-order valence-electron chi connectivity index (χ0n) is 12.7. The predicted octanol–water partition coefficient (Wildman–Crippen LogP) is 0.0511. The Morgan fingerprint density at radius 3 is 3.15 bits per heavy atom. The molecule has 0 radical (unpaired) electrons. The van der Waals surface area contributed by atoms with Crippen molar-refractivity contribution in [3.63, 3.8) is 0 Å². The fourth-order valence-corrected chi connectivity index (χ4v) is 2.86. The molecule has 0 saturated carbocycles. The van der Waals surface area contributed by atoms with E-state index in [1.807, 2.05) is 0 Å². The number of ether oxygens (including phenoxy) is 2. The van der Waals surface area contributed by atoms with Gasteiger partial charge in [0.2, 0.25) is 0 Å². The van der Waals surface area contributed by atoms with Crippen LogP contribution in [0.15, 0.2) is 4.99 Å². The van der Waals surface area contributed by atoms with Gasteiger partial charge < -0.3 is 20.1 Å². The van der Waals surface area contributed by atoms with Gasteiger partial charge in [0.05, 0.1) is 12.7 Å². The number of fused-ring (bicyclic) bond motifs is 1. The van der Waals surface area contributed by atoms with Crippen molar-refractivity contribution < 1.29 is 9.47 Å². The summed E-state index contributed by atoms with van der Waals surface area (Å²) in [7, 11) is 3.52. The van der Waals surface area contributed by atoms with Crippen molar-refractivity contribution in [3.05, 3.63) is 0 Å². The van der Waals surface area contributed by atoms with Gasteiger partial charge in [-0.2, -0.15) is 0 Å². The lowest BCUT2D eigenvalue weighted by molar-refractivity contribution is -0.0453. The molecule has 2 unspecified atom stereocenters. The Labute approximate surface area is 121 Å². The highest BCUT2D eigenvalue weighted by atomic mass is 16.5. The van der Waals surface area contributed by atoms with Gasteiger partial charge in [-0.1, -0.05) is 0 Å². The lowest BCUT2D eigenvalue weighted by Crippen LogP contribution is -2.51. The van der Waals surface area contributed by atoms with Gasteiger partial charge in [-0.05, 0) is 25.8 Å². The fraction of sp³-hybridized carbons (Fsp3) is 0.929. The molecule has 116 valence electrons. The Bertz CT molecular complexity index is 312. The summed E-state index contributed by atoms with van der Waals surface area (Å²) in [5.74, 6) is 0.841. The first kappa shape index (κ1) is 15.5. The summed E-state index contributed by atoms with van der Waals surface area (Å²) in [5.41, 5.74) is 0. The Morgan fingerprint density at radius 2 is 2.35 bits per heavy atom. The third kappa shape index (κ3) is 4.61. The predicted molar refractivity (Wildman–Crippen MR) is 80.2 cm³/mol. The van der Waals surface area contributed by atoms with E-state index >= 15 is 0 Å². The highest BCUT2D eigenvalue weighted by molar-refractivity contribution is 5.79. The van der Waals surface area contributed by atoms with Crippen LogP contribution in [0.3, 0.4) is 0 Å². The zero-order chi connectivity index (χ0) is 14.2. The minimum absolute atomic E-state index is 0.266. The molecule has 6 heteroatoms. The summed E-state index contributed by atoms with van der Waals surface area (Å²) in [6, 6.07) is 0.665. The molecule has 0 aliphatic carbocycles. The van der Waals surface area contributed by atoms with Gasteiger partial charge in [0.15, 0.2) is 5.96 Å². The van der Waals surface area contributed by atoms with Gasteiger partial charge in [0, 0.05) is 46.4 Å². The van der Waals surface area contributed by atoms with Crippen LogP contribution in [0.5, 0.6) is 0 Å². The highest BCUT2D eigenvalue weighted by Crippen LogP contribution is 2.22. The van der Waals surface area contributed by atoms with Gasteiger partial charge in [-0.15, -0.1) is 0 Å². The number of hydrogen-bond acceptors (Lipinski definition) is 4. The van der Waals surface area contributed by atoms with Gasteiger partial charge in [0.1, 0.15) is 0 Å². The van der Waals surface area contributed by atoms with Gasteiger partial charge in [-0.25, -0.2) is 0 Å². The normalized spacial score (nSPS) is 27.4. The molecule has 2 N–H and O–H groups in total. The summed E-state index contributed by atoms with van der Waals surface area (Å²) in [4.78, 5) is 6.78. The monoisotopic (exact) mass is 284 g/mol. The molecule has 6 nitrogen and oxygen atoms in total. The average Bonchev–Trinajstić information content (AvgIpc) is 2.94. The molecule has 2 heterocycles. The zero-order valence-corrected chi connectivity index (χ0v) is 12.7. The van der Waals surface area contributed by atoms with Gasteiger partial charge >= 0.3 is 0 Å². The Balaban J connectivity index is 1.63. The van der Waals surface area contributed by atoms with E-state index in [1.54, 1.807) is 14.2 Å². The number of nitrogens with one attached hydrogen (secondary N) is 2. The number of hydrogen-bond donors (Lipinski definition) is 2. The summed E-state index contributed by atoms with van der Waals surface area (Å²) in [6.45, 7) is 5.60. The maximum Gasteiger partial charge on any atom is 0.191 e. The summed E-state index contributed by atoms with van der Waals surface area (Å²) in [5, 5.41) is 6.62. The molecule has 0 aromatic rings. The molecule has 2 saturated heterocycles. The molecule has 2 rings (SSSR count). The maximum absolute atomic E-state index is 5.92. The maximum atomic E-state index is 5.92. The van der Waals surface area contributed by atoms with Gasteiger partial charge in [-0.3, -0.25) is 9.89 Å². The van der Waals surface area contributed by atoms with Crippen molar-refractivity contribution in [1.29, 1.82) is 0 Å².